The minimum absolute atomic E-state index is 0.00205. The van der Waals surface area contributed by atoms with E-state index in [1.54, 1.807) is 11.0 Å². The number of nitrogens with zero attached hydrogens (tertiary/aromatic N) is 2. The van der Waals surface area contributed by atoms with Gasteiger partial charge in [0, 0.05) is 25.7 Å². The van der Waals surface area contributed by atoms with E-state index in [9.17, 15) is 9.59 Å². The van der Waals surface area contributed by atoms with Crippen molar-refractivity contribution in [2.24, 2.45) is 0 Å². The predicted octanol–water partition coefficient (Wildman–Crippen LogP) is 5.28. The van der Waals surface area contributed by atoms with Crippen molar-refractivity contribution in [1.82, 2.24) is 9.80 Å². The van der Waals surface area contributed by atoms with Gasteiger partial charge in [0.15, 0.2) is 11.5 Å². The molecular weight excluding hydrogens is 456 g/mol. The van der Waals surface area contributed by atoms with E-state index in [1.807, 2.05) is 48.3 Å². The molecule has 7 heteroatoms. The average molecular weight is 493 g/mol. The Hall–Kier alpha value is -3.22. The molecule has 3 aliphatic rings. The fourth-order valence-electron chi connectivity index (χ4n) is 5.56. The fourth-order valence-corrected chi connectivity index (χ4v) is 5.56. The van der Waals surface area contributed by atoms with Gasteiger partial charge in [0.05, 0.1) is 11.6 Å². The van der Waals surface area contributed by atoms with Gasteiger partial charge in [0.25, 0.3) is 11.8 Å². The summed E-state index contributed by atoms with van der Waals surface area (Å²) in [6.07, 6.45) is 8.81. The van der Waals surface area contributed by atoms with Crippen LogP contribution in [0.2, 0.25) is 0 Å². The first-order chi connectivity index (χ1) is 17.6. The topological polar surface area (TPSA) is 68.3 Å². The van der Waals surface area contributed by atoms with Crippen LogP contribution in [0.4, 0.5) is 0 Å². The number of benzene rings is 2. The van der Waals surface area contributed by atoms with Crippen molar-refractivity contribution < 1.29 is 23.8 Å². The molecule has 2 aliphatic heterocycles. The summed E-state index contributed by atoms with van der Waals surface area (Å²) in [5.41, 5.74) is 1.20. The molecule has 0 spiro atoms. The summed E-state index contributed by atoms with van der Waals surface area (Å²) in [5, 5.41) is 0. The normalized spacial score (nSPS) is 23.1. The number of para-hydroxylation sites is 1. The number of hydrogen-bond donors (Lipinski definition) is 0. The Bertz CT molecular complexity index is 1090. The molecular formula is C29H36N2O5. The van der Waals surface area contributed by atoms with Gasteiger partial charge in [-0.3, -0.25) is 9.59 Å². The first-order valence-electron chi connectivity index (χ1n) is 13.3. The van der Waals surface area contributed by atoms with Gasteiger partial charge in [0.1, 0.15) is 11.9 Å². The third-order valence-corrected chi connectivity index (χ3v) is 7.58. The summed E-state index contributed by atoms with van der Waals surface area (Å²) < 4.78 is 17.6. The van der Waals surface area contributed by atoms with Crippen LogP contribution in [0.25, 0.3) is 0 Å². The minimum Gasteiger partial charge on any atom is -0.487 e. The van der Waals surface area contributed by atoms with Crippen LogP contribution in [0, 0.1) is 0 Å². The van der Waals surface area contributed by atoms with Crippen molar-refractivity contribution in [1.29, 1.82) is 0 Å². The third kappa shape index (κ3) is 5.30. The van der Waals surface area contributed by atoms with Crippen molar-refractivity contribution in [2.75, 3.05) is 26.9 Å². The zero-order valence-corrected chi connectivity index (χ0v) is 21.1. The Morgan fingerprint density at radius 2 is 1.58 bits per heavy atom. The van der Waals surface area contributed by atoms with Gasteiger partial charge in [-0.2, -0.15) is 0 Å². The monoisotopic (exact) mass is 492 g/mol. The zero-order chi connectivity index (χ0) is 24.9. The molecule has 1 fully saturated rings. The van der Waals surface area contributed by atoms with Crippen molar-refractivity contribution in [3.05, 3.63) is 53.6 Å². The standard InChI is InChI=1S/C29H36N2O5/c1-30-17-9-3-2-4-10-18-31(28(32)21-15-16-26-27(19-21)35-20-34-26)23-12-6-8-14-25(23)36-24-13-7-5-11-22(24)29(30)33/h5,7,11,13,15-16,19,23,25H,2-4,6,8-10,12,14,17-18,20H2,1H3/t23-,25+/m1/s1. The molecule has 7 nitrogen and oxygen atoms in total. The highest BCUT2D eigenvalue weighted by Crippen LogP contribution is 2.35. The molecule has 1 aliphatic carbocycles. The van der Waals surface area contributed by atoms with Gasteiger partial charge < -0.3 is 24.0 Å². The molecule has 2 heterocycles. The average Bonchev–Trinajstić information content (AvgIpc) is 3.38. The van der Waals surface area contributed by atoms with Gasteiger partial charge in [-0.05, 0) is 62.4 Å². The minimum atomic E-state index is -0.166. The SMILES string of the molecule is CN1CCCCCCCN(C(=O)c2ccc3c(c2)OCO3)[C@@H]2CCCC[C@@H]2Oc2ccccc2C1=O. The van der Waals surface area contributed by atoms with E-state index in [4.69, 9.17) is 14.2 Å². The molecule has 192 valence electrons. The van der Waals surface area contributed by atoms with E-state index < -0.39 is 0 Å². The second kappa shape index (κ2) is 11.2. The highest BCUT2D eigenvalue weighted by Gasteiger charge is 2.36. The molecule has 0 saturated heterocycles. The maximum atomic E-state index is 13.9. The lowest BCUT2D eigenvalue weighted by Crippen LogP contribution is -2.51. The first-order valence-corrected chi connectivity index (χ1v) is 13.3. The Kier molecular flexibility index (Phi) is 7.63. The molecule has 2 amide bonds. The lowest BCUT2D eigenvalue weighted by Gasteiger charge is -2.40. The van der Waals surface area contributed by atoms with E-state index >= 15 is 0 Å². The van der Waals surface area contributed by atoms with Gasteiger partial charge in [0.2, 0.25) is 6.79 Å². The Balaban J connectivity index is 1.46. The number of rotatable bonds is 1. The molecule has 2 atom stereocenters. The van der Waals surface area contributed by atoms with Crippen LogP contribution < -0.4 is 14.2 Å². The number of amides is 2. The number of ether oxygens (including phenoxy) is 3. The zero-order valence-electron chi connectivity index (χ0n) is 21.1. The molecule has 2 aromatic rings. The molecule has 0 aromatic heterocycles. The second-order valence-corrected chi connectivity index (χ2v) is 10.1. The lowest BCUT2D eigenvalue weighted by molar-refractivity contribution is 0.0270. The maximum absolute atomic E-state index is 13.9. The van der Waals surface area contributed by atoms with Crippen LogP contribution in [0.5, 0.6) is 17.2 Å². The number of hydrogen-bond acceptors (Lipinski definition) is 5. The van der Waals surface area contributed by atoms with Crippen LogP contribution in [-0.4, -0.2) is 60.7 Å². The summed E-state index contributed by atoms with van der Waals surface area (Å²) in [4.78, 5) is 31.0. The summed E-state index contributed by atoms with van der Waals surface area (Å²) in [6.45, 7) is 1.61. The quantitative estimate of drug-likeness (QED) is 0.542. The Labute approximate surface area is 213 Å². The predicted molar refractivity (Wildman–Crippen MR) is 137 cm³/mol. The Morgan fingerprint density at radius 1 is 0.833 bits per heavy atom. The molecule has 0 bridgehead atoms. The summed E-state index contributed by atoms with van der Waals surface area (Å²) in [5.74, 6) is 1.89. The highest BCUT2D eigenvalue weighted by atomic mass is 16.7. The maximum Gasteiger partial charge on any atom is 0.257 e. The van der Waals surface area contributed by atoms with E-state index in [0.717, 1.165) is 64.3 Å². The molecule has 36 heavy (non-hydrogen) atoms. The van der Waals surface area contributed by atoms with E-state index in [1.165, 1.54) is 0 Å². The van der Waals surface area contributed by atoms with Crippen LogP contribution >= 0.6 is 0 Å². The van der Waals surface area contributed by atoms with Crippen molar-refractivity contribution in [3.8, 4) is 17.2 Å². The van der Waals surface area contributed by atoms with Crippen LogP contribution in [-0.2, 0) is 0 Å². The summed E-state index contributed by atoms with van der Waals surface area (Å²) in [7, 11) is 1.87. The van der Waals surface area contributed by atoms with Crippen molar-refractivity contribution in [2.45, 2.75) is 69.9 Å². The van der Waals surface area contributed by atoms with E-state index in [-0.39, 0.29) is 30.8 Å². The lowest BCUT2D eigenvalue weighted by atomic mass is 9.90. The van der Waals surface area contributed by atoms with E-state index in [2.05, 4.69) is 0 Å². The number of carbonyl (C=O) groups excluding carboxylic acids is 2. The Morgan fingerprint density at radius 3 is 2.47 bits per heavy atom. The second-order valence-electron chi connectivity index (χ2n) is 10.1. The van der Waals surface area contributed by atoms with Crippen LogP contribution in [0.15, 0.2) is 42.5 Å². The molecule has 5 rings (SSSR count). The molecule has 0 N–H and O–H groups in total. The van der Waals surface area contributed by atoms with Gasteiger partial charge in [-0.25, -0.2) is 0 Å². The largest absolute Gasteiger partial charge is 0.487 e. The van der Waals surface area contributed by atoms with Crippen molar-refractivity contribution in [3.63, 3.8) is 0 Å². The highest BCUT2D eigenvalue weighted by molar-refractivity contribution is 5.97. The van der Waals surface area contributed by atoms with Gasteiger partial charge in [-0.15, -0.1) is 0 Å². The molecule has 2 aromatic carbocycles. The summed E-state index contributed by atoms with van der Waals surface area (Å²) in [6, 6.07) is 12.9. The van der Waals surface area contributed by atoms with Crippen molar-refractivity contribution >= 4 is 11.8 Å². The fraction of sp³-hybridized carbons (Fsp3) is 0.517. The molecule has 1 saturated carbocycles. The third-order valence-electron chi connectivity index (χ3n) is 7.58. The summed E-state index contributed by atoms with van der Waals surface area (Å²) >= 11 is 0. The van der Waals surface area contributed by atoms with Crippen LogP contribution in [0.3, 0.4) is 0 Å². The first kappa shape index (κ1) is 24.5. The van der Waals surface area contributed by atoms with Gasteiger partial charge in [-0.1, -0.05) is 37.8 Å². The van der Waals surface area contributed by atoms with E-state index in [0.29, 0.717) is 34.9 Å². The number of fused-ring (bicyclic) bond motifs is 3. The number of carbonyl (C=O) groups is 2. The smallest absolute Gasteiger partial charge is 0.257 e. The molecule has 0 unspecified atom stereocenters. The van der Waals surface area contributed by atoms with Gasteiger partial charge >= 0.3 is 0 Å². The molecule has 0 radical (unpaired) electrons. The van der Waals surface area contributed by atoms with Crippen LogP contribution in [0.1, 0.15) is 78.5 Å².